The number of nitrogens with one attached hydrogen (secondary N) is 1. The molecule has 144 valence electrons. The zero-order chi connectivity index (χ0) is 19.1. The van der Waals surface area contributed by atoms with Crippen LogP contribution in [0.5, 0.6) is 0 Å². The van der Waals surface area contributed by atoms with Crippen LogP contribution in [0, 0.1) is 12.8 Å². The number of anilines is 1. The highest BCUT2D eigenvalue weighted by atomic mass is 32.2. The van der Waals surface area contributed by atoms with E-state index in [1.165, 1.54) is 4.31 Å². The molecule has 0 aromatic carbocycles. The first-order chi connectivity index (χ1) is 12.1. The summed E-state index contributed by atoms with van der Waals surface area (Å²) in [7, 11) is -3.30. The zero-order valence-electron chi connectivity index (χ0n) is 15.5. The summed E-state index contributed by atoms with van der Waals surface area (Å²) in [6.07, 6.45) is 3.34. The van der Waals surface area contributed by atoms with Gasteiger partial charge in [0, 0.05) is 19.5 Å². The van der Waals surface area contributed by atoms with E-state index in [0.717, 1.165) is 29.7 Å². The first-order valence-electron chi connectivity index (χ1n) is 8.76. The minimum Gasteiger partial charge on any atom is -0.390 e. The van der Waals surface area contributed by atoms with Gasteiger partial charge in [0.25, 0.3) is 0 Å². The number of fused-ring (bicyclic) bond motifs is 1. The van der Waals surface area contributed by atoms with E-state index < -0.39 is 16.1 Å². The van der Waals surface area contributed by atoms with E-state index in [-0.39, 0.29) is 12.6 Å². The number of aromatic nitrogens is 4. The summed E-state index contributed by atoms with van der Waals surface area (Å²) in [5.41, 5.74) is 1.74. The van der Waals surface area contributed by atoms with Gasteiger partial charge in [-0.05, 0) is 19.3 Å². The molecule has 9 nitrogen and oxygen atoms in total. The molecule has 3 rings (SSSR count). The summed E-state index contributed by atoms with van der Waals surface area (Å²) < 4.78 is 26.3. The van der Waals surface area contributed by atoms with Crippen LogP contribution in [0.1, 0.15) is 31.8 Å². The van der Waals surface area contributed by atoms with Crippen LogP contribution in [0.2, 0.25) is 0 Å². The maximum Gasteiger partial charge on any atom is 0.241 e. The van der Waals surface area contributed by atoms with Crippen LogP contribution in [0.4, 0.5) is 5.95 Å². The molecule has 0 aliphatic carbocycles. The molecule has 3 heterocycles. The monoisotopic (exact) mass is 382 g/mol. The number of aliphatic hydroxyl groups is 1. The number of β-amino-alcohol motifs (C(OH)–C–C–N with tert-alkyl or cyclic N) is 1. The minimum atomic E-state index is -3.30. The third-order valence-corrected chi connectivity index (χ3v) is 5.83. The lowest BCUT2D eigenvalue weighted by molar-refractivity contribution is 0.0950. The Kier molecular flexibility index (Phi) is 5.18. The summed E-state index contributed by atoms with van der Waals surface area (Å²) in [6, 6.07) is -0.302. The summed E-state index contributed by atoms with van der Waals surface area (Å²) in [5, 5.41) is 18.0. The van der Waals surface area contributed by atoms with Gasteiger partial charge in [0.2, 0.25) is 16.0 Å². The molecule has 10 heteroatoms. The topological polar surface area (TPSA) is 113 Å². The van der Waals surface area contributed by atoms with E-state index in [0.29, 0.717) is 24.8 Å². The van der Waals surface area contributed by atoms with Gasteiger partial charge in [0.15, 0.2) is 0 Å². The molecule has 0 amide bonds. The second-order valence-corrected chi connectivity index (χ2v) is 9.30. The van der Waals surface area contributed by atoms with E-state index in [1.54, 1.807) is 10.7 Å². The molecule has 1 aliphatic rings. The molecule has 0 bridgehead atoms. The van der Waals surface area contributed by atoms with Crippen molar-refractivity contribution in [2.75, 3.05) is 24.7 Å². The first kappa shape index (κ1) is 19.0. The molecular formula is C16H26N6O3S. The zero-order valence-corrected chi connectivity index (χ0v) is 16.4. The summed E-state index contributed by atoms with van der Waals surface area (Å²) in [6.45, 7) is 6.62. The van der Waals surface area contributed by atoms with Gasteiger partial charge in [-0.1, -0.05) is 13.8 Å². The number of rotatable bonds is 5. The van der Waals surface area contributed by atoms with Crippen LogP contribution in [-0.4, -0.2) is 68.9 Å². The van der Waals surface area contributed by atoms with Crippen LogP contribution < -0.4 is 5.32 Å². The molecular weight excluding hydrogens is 356 g/mol. The fraction of sp³-hybridized carbons (Fsp3) is 0.688. The predicted molar refractivity (Wildman–Crippen MR) is 98.5 cm³/mol. The molecule has 0 radical (unpaired) electrons. The van der Waals surface area contributed by atoms with Crippen molar-refractivity contribution in [3.05, 3.63) is 17.7 Å². The predicted octanol–water partition coefficient (Wildman–Crippen LogP) is 0.438. The number of aryl methyl sites for hydroxylation is 1. The molecule has 2 atom stereocenters. The summed E-state index contributed by atoms with van der Waals surface area (Å²) in [5.74, 6) is 1.73. The van der Waals surface area contributed by atoms with Crippen molar-refractivity contribution in [3.8, 4) is 0 Å². The quantitative estimate of drug-likeness (QED) is 0.771. The number of imidazole rings is 1. The number of hydrogen-bond acceptors (Lipinski definition) is 7. The number of nitrogens with zero attached hydrogens (tertiary/aromatic N) is 5. The lowest BCUT2D eigenvalue weighted by atomic mass is 10.0. The van der Waals surface area contributed by atoms with Gasteiger partial charge in [-0.25, -0.2) is 22.9 Å². The minimum absolute atomic E-state index is 0.0710. The van der Waals surface area contributed by atoms with Crippen molar-refractivity contribution in [3.63, 3.8) is 0 Å². The second-order valence-electron chi connectivity index (χ2n) is 7.32. The fourth-order valence-corrected chi connectivity index (χ4v) is 4.06. The van der Waals surface area contributed by atoms with Gasteiger partial charge in [-0.15, -0.1) is 5.10 Å². The Bertz CT molecular complexity index is 895. The third-order valence-electron chi connectivity index (χ3n) is 4.56. The molecule has 2 N–H and O–H groups in total. The van der Waals surface area contributed by atoms with Crippen molar-refractivity contribution in [1.82, 2.24) is 23.9 Å². The fourth-order valence-electron chi connectivity index (χ4n) is 3.19. The standard InChI is InChI=1S/C16H26N6O3S/c1-10(2)7-15-18-11(3)13-8-17-16(20-22(13)15)19-12-5-6-21(9-14(12)23)26(4,24)25/h8,10,12,14,23H,5-7,9H2,1-4H3,(H,19,20)/t12-,14-/m1/s1. The van der Waals surface area contributed by atoms with Gasteiger partial charge < -0.3 is 10.4 Å². The Morgan fingerprint density at radius 1 is 1.42 bits per heavy atom. The highest BCUT2D eigenvalue weighted by Gasteiger charge is 2.32. The normalized spacial score (nSPS) is 22.2. The summed E-state index contributed by atoms with van der Waals surface area (Å²) in [4.78, 5) is 8.91. The maximum atomic E-state index is 11.6. The van der Waals surface area contributed by atoms with Gasteiger partial charge in [-0.2, -0.15) is 4.31 Å². The van der Waals surface area contributed by atoms with Crippen molar-refractivity contribution >= 4 is 21.5 Å². The Balaban J connectivity index is 1.79. The first-order valence-corrected chi connectivity index (χ1v) is 10.6. The Morgan fingerprint density at radius 2 is 2.15 bits per heavy atom. The lowest BCUT2D eigenvalue weighted by Crippen LogP contribution is -2.51. The smallest absolute Gasteiger partial charge is 0.241 e. The third kappa shape index (κ3) is 3.97. The highest BCUT2D eigenvalue weighted by Crippen LogP contribution is 2.19. The average molecular weight is 382 g/mol. The van der Waals surface area contributed by atoms with Crippen LogP contribution in [0.3, 0.4) is 0 Å². The van der Waals surface area contributed by atoms with Crippen molar-refractivity contribution < 1.29 is 13.5 Å². The molecule has 2 aromatic heterocycles. The molecule has 1 fully saturated rings. The number of piperidine rings is 1. The van der Waals surface area contributed by atoms with Crippen LogP contribution in [0.15, 0.2) is 6.20 Å². The largest absolute Gasteiger partial charge is 0.390 e. The number of hydrogen-bond donors (Lipinski definition) is 2. The van der Waals surface area contributed by atoms with Crippen LogP contribution in [0.25, 0.3) is 5.52 Å². The van der Waals surface area contributed by atoms with Gasteiger partial charge >= 0.3 is 0 Å². The van der Waals surface area contributed by atoms with E-state index >= 15 is 0 Å². The molecule has 26 heavy (non-hydrogen) atoms. The summed E-state index contributed by atoms with van der Waals surface area (Å²) >= 11 is 0. The van der Waals surface area contributed by atoms with Crippen LogP contribution >= 0.6 is 0 Å². The molecule has 1 saturated heterocycles. The Hall–Kier alpha value is -1.78. The van der Waals surface area contributed by atoms with Gasteiger partial charge in [0.05, 0.1) is 30.3 Å². The Morgan fingerprint density at radius 3 is 2.77 bits per heavy atom. The molecule has 2 aromatic rings. The van der Waals surface area contributed by atoms with Crippen molar-refractivity contribution in [2.45, 2.75) is 45.8 Å². The molecule has 0 unspecified atom stereocenters. The molecule has 0 spiro atoms. The van der Waals surface area contributed by atoms with Crippen molar-refractivity contribution in [1.29, 1.82) is 0 Å². The van der Waals surface area contributed by atoms with Gasteiger partial charge in [0.1, 0.15) is 11.3 Å². The Labute approximate surface area is 153 Å². The van der Waals surface area contributed by atoms with E-state index in [1.807, 2.05) is 6.92 Å². The molecule has 1 aliphatic heterocycles. The maximum absolute atomic E-state index is 11.6. The number of sulfonamides is 1. The van der Waals surface area contributed by atoms with Gasteiger partial charge in [-0.3, -0.25) is 0 Å². The lowest BCUT2D eigenvalue weighted by Gasteiger charge is -2.34. The number of aliphatic hydroxyl groups excluding tert-OH is 1. The second kappa shape index (κ2) is 7.09. The van der Waals surface area contributed by atoms with Crippen LogP contribution in [-0.2, 0) is 16.4 Å². The molecule has 0 saturated carbocycles. The van der Waals surface area contributed by atoms with E-state index in [9.17, 15) is 13.5 Å². The van der Waals surface area contributed by atoms with E-state index in [4.69, 9.17) is 0 Å². The van der Waals surface area contributed by atoms with E-state index in [2.05, 4.69) is 34.2 Å². The average Bonchev–Trinajstić information content (AvgIpc) is 2.83. The highest BCUT2D eigenvalue weighted by molar-refractivity contribution is 7.88. The van der Waals surface area contributed by atoms with Crippen molar-refractivity contribution in [2.24, 2.45) is 5.92 Å². The SMILES string of the molecule is Cc1nc(CC(C)C)n2nc(N[C@@H]3CCN(S(C)(=O)=O)C[C@H]3O)ncc12.